The van der Waals surface area contributed by atoms with Gasteiger partial charge in [-0.25, -0.2) is 4.98 Å². The van der Waals surface area contributed by atoms with Gasteiger partial charge < -0.3 is 10.5 Å². The van der Waals surface area contributed by atoms with Gasteiger partial charge in [-0.1, -0.05) is 23.5 Å². The van der Waals surface area contributed by atoms with Gasteiger partial charge >= 0.3 is 11.8 Å². The highest BCUT2D eigenvalue weighted by molar-refractivity contribution is 7.16. The van der Waals surface area contributed by atoms with Crippen LogP contribution in [0.25, 0.3) is 11.3 Å². The number of ether oxygens (including phenoxy) is 1. The number of carbonyl (C=O) groups is 2. The van der Waals surface area contributed by atoms with E-state index < -0.39 is 11.8 Å². The zero-order chi connectivity index (χ0) is 13.4. The van der Waals surface area contributed by atoms with Crippen molar-refractivity contribution < 1.29 is 14.3 Å². The fourth-order valence-corrected chi connectivity index (χ4v) is 2.69. The number of aromatic nitrogens is 1. The van der Waals surface area contributed by atoms with Gasteiger partial charge in [0.2, 0.25) is 0 Å². The van der Waals surface area contributed by atoms with Crippen LogP contribution in [0.1, 0.15) is 4.88 Å². The summed E-state index contributed by atoms with van der Waals surface area (Å²) in [7, 11) is 0. The Labute approximate surface area is 112 Å². The molecular formula is C12H9N3O3S. The van der Waals surface area contributed by atoms with Crippen LogP contribution in [0, 0.1) is 0 Å². The van der Waals surface area contributed by atoms with E-state index in [1.165, 1.54) is 11.3 Å². The molecule has 6 nitrogen and oxygen atoms in total. The molecule has 1 aliphatic heterocycles. The first kappa shape index (κ1) is 11.7. The fraction of sp³-hybridized carbons (Fsp3) is 0.0833. The number of carbonyl (C=O) groups excluding carboxylic acids is 2. The summed E-state index contributed by atoms with van der Waals surface area (Å²) >= 11 is 1.27. The zero-order valence-corrected chi connectivity index (χ0v) is 10.5. The average molecular weight is 275 g/mol. The van der Waals surface area contributed by atoms with E-state index in [4.69, 9.17) is 10.5 Å². The second kappa shape index (κ2) is 4.36. The van der Waals surface area contributed by atoms with Crippen LogP contribution in [0.4, 0.5) is 5.13 Å². The second-order valence-electron chi connectivity index (χ2n) is 3.89. The first-order valence-electron chi connectivity index (χ1n) is 5.48. The molecule has 0 spiro atoms. The van der Waals surface area contributed by atoms with Gasteiger partial charge in [0, 0.05) is 5.56 Å². The van der Waals surface area contributed by atoms with E-state index in [0.29, 0.717) is 11.7 Å². The highest BCUT2D eigenvalue weighted by Crippen LogP contribution is 2.40. The largest absolute Gasteiger partial charge is 0.487 e. The molecule has 2 aromatic rings. The molecule has 7 heteroatoms. The Morgan fingerprint density at radius 3 is 2.95 bits per heavy atom. The third-order valence-electron chi connectivity index (χ3n) is 2.64. The lowest BCUT2D eigenvalue weighted by Gasteiger charge is -2.15. The number of rotatable bonds is 1. The van der Waals surface area contributed by atoms with Crippen molar-refractivity contribution in [2.75, 3.05) is 5.32 Å². The molecule has 0 fully saturated rings. The van der Waals surface area contributed by atoms with E-state index in [9.17, 15) is 9.59 Å². The molecule has 2 amide bonds. The number of nitrogens with two attached hydrogens (primary N) is 1. The molecule has 3 rings (SSSR count). The number of nitrogens with one attached hydrogen (secondary N) is 1. The van der Waals surface area contributed by atoms with Crippen molar-refractivity contribution in [2.45, 2.75) is 6.61 Å². The van der Waals surface area contributed by atoms with Crippen molar-refractivity contribution in [3.63, 3.8) is 0 Å². The molecule has 19 heavy (non-hydrogen) atoms. The van der Waals surface area contributed by atoms with Crippen LogP contribution in [-0.2, 0) is 16.2 Å². The van der Waals surface area contributed by atoms with Crippen molar-refractivity contribution in [1.82, 2.24) is 4.98 Å². The molecule has 0 unspecified atom stereocenters. The van der Waals surface area contributed by atoms with Gasteiger partial charge in [0.05, 0.1) is 10.6 Å². The van der Waals surface area contributed by atoms with E-state index >= 15 is 0 Å². The highest BCUT2D eigenvalue weighted by atomic mass is 32.1. The standard InChI is InChI=1S/C12H9N3O3S/c13-10(16)11(17)15-12-14-9-6-3-1-2-4-7(6)18-5-8(9)19-12/h1-4H,5H2,(H2,13,16)(H,14,15,17). The van der Waals surface area contributed by atoms with E-state index in [0.717, 1.165) is 21.9 Å². The lowest BCUT2D eigenvalue weighted by atomic mass is 10.1. The fourth-order valence-electron chi connectivity index (χ4n) is 1.80. The maximum absolute atomic E-state index is 11.2. The van der Waals surface area contributed by atoms with Gasteiger partial charge in [-0.05, 0) is 12.1 Å². The van der Waals surface area contributed by atoms with E-state index in [-0.39, 0.29) is 0 Å². The Bertz CT molecular complexity index is 681. The van der Waals surface area contributed by atoms with E-state index in [1.807, 2.05) is 24.3 Å². The number of benzene rings is 1. The molecule has 0 atom stereocenters. The van der Waals surface area contributed by atoms with Crippen molar-refractivity contribution in [2.24, 2.45) is 5.73 Å². The van der Waals surface area contributed by atoms with Gasteiger partial charge in [-0.3, -0.25) is 14.9 Å². The smallest absolute Gasteiger partial charge is 0.315 e. The quantitative estimate of drug-likeness (QED) is 0.763. The number of nitrogens with zero attached hydrogens (tertiary/aromatic N) is 1. The predicted octanol–water partition coefficient (Wildman–Crippen LogP) is 1.13. The van der Waals surface area contributed by atoms with Crippen LogP contribution < -0.4 is 15.8 Å². The van der Waals surface area contributed by atoms with Gasteiger partial charge in [0.25, 0.3) is 0 Å². The van der Waals surface area contributed by atoms with Crippen molar-refractivity contribution in [3.8, 4) is 17.0 Å². The summed E-state index contributed by atoms with van der Waals surface area (Å²) in [6, 6.07) is 7.52. The van der Waals surface area contributed by atoms with Crippen LogP contribution >= 0.6 is 11.3 Å². The average Bonchev–Trinajstić information content (AvgIpc) is 2.81. The third kappa shape index (κ3) is 2.04. The SMILES string of the molecule is NC(=O)C(=O)Nc1nc2c(s1)COc1ccccc1-2. The van der Waals surface area contributed by atoms with Gasteiger partial charge in [0.15, 0.2) is 5.13 Å². The Kier molecular flexibility index (Phi) is 2.68. The van der Waals surface area contributed by atoms with Crippen molar-refractivity contribution >= 4 is 28.3 Å². The molecule has 1 aliphatic rings. The number of primary amides is 1. The van der Waals surface area contributed by atoms with Crippen LogP contribution in [0.2, 0.25) is 0 Å². The molecule has 1 aromatic heterocycles. The molecular weight excluding hydrogens is 266 g/mol. The number of anilines is 1. The molecule has 1 aromatic carbocycles. The summed E-state index contributed by atoms with van der Waals surface area (Å²) in [6.07, 6.45) is 0. The lowest BCUT2D eigenvalue weighted by Crippen LogP contribution is -2.29. The maximum Gasteiger partial charge on any atom is 0.315 e. The van der Waals surface area contributed by atoms with E-state index in [1.54, 1.807) is 0 Å². The van der Waals surface area contributed by atoms with Crippen LogP contribution in [0.5, 0.6) is 5.75 Å². The van der Waals surface area contributed by atoms with Gasteiger partial charge in [0.1, 0.15) is 12.4 Å². The first-order valence-corrected chi connectivity index (χ1v) is 6.29. The summed E-state index contributed by atoms with van der Waals surface area (Å²) in [4.78, 5) is 27.1. The van der Waals surface area contributed by atoms with Crippen LogP contribution in [0.15, 0.2) is 24.3 Å². The van der Waals surface area contributed by atoms with Crippen LogP contribution in [-0.4, -0.2) is 16.8 Å². The molecule has 0 aliphatic carbocycles. The Morgan fingerprint density at radius 1 is 1.37 bits per heavy atom. The van der Waals surface area contributed by atoms with Gasteiger partial charge in [-0.2, -0.15) is 0 Å². The summed E-state index contributed by atoms with van der Waals surface area (Å²) in [6.45, 7) is 0.399. The zero-order valence-electron chi connectivity index (χ0n) is 9.67. The summed E-state index contributed by atoms with van der Waals surface area (Å²) in [5.41, 5.74) is 6.53. The maximum atomic E-state index is 11.2. The minimum absolute atomic E-state index is 0.342. The number of thiazole rings is 1. The molecule has 0 bridgehead atoms. The van der Waals surface area contributed by atoms with Crippen molar-refractivity contribution in [3.05, 3.63) is 29.1 Å². The minimum atomic E-state index is -1.04. The number of fused-ring (bicyclic) bond motifs is 3. The number of para-hydroxylation sites is 1. The molecule has 0 saturated carbocycles. The molecule has 2 heterocycles. The van der Waals surface area contributed by atoms with Crippen molar-refractivity contribution in [1.29, 1.82) is 0 Å². The Morgan fingerprint density at radius 2 is 2.16 bits per heavy atom. The highest BCUT2D eigenvalue weighted by Gasteiger charge is 2.22. The molecule has 96 valence electrons. The number of amides is 2. The summed E-state index contributed by atoms with van der Waals surface area (Å²) in [5, 5.41) is 2.71. The predicted molar refractivity (Wildman–Crippen MR) is 69.7 cm³/mol. The Hall–Kier alpha value is -2.41. The van der Waals surface area contributed by atoms with E-state index in [2.05, 4.69) is 10.3 Å². The number of hydrogen-bond acceptors (Lipinski definition) is 5. The summed E-state index contributed by atoms with van der Waals surface area (Å²) < 4.78 is 5.58. The Balaban J connectivity index is 1.97. The third-order valence-corrected chi connectivity index (χ3v) is 3.59. The minimum Gasteiger partial charge on any atom is -0.487 e. The first-order chi connectivity index (χ1) is 9.15. The lowest BCUT2D eigenvalue weighted by molar-refractivity contribution is -0.134. The summed E-state index contributed by atoms with van der Waals surface area (Å²) in [5.74, 6) is -1.15. The molecule has 0 saturated heterocycles. The topological polar surface area (TPSA) is 94.3 Å². The second-order valence-corrected chi connectivity index (χ2v) is 4.98. The van der Waals surface area contributed by atoms with Gasteiger partial charge in [-0.15, -0.1) is 0 Å². The van der Waals surface area contributed by atoms with Crippen LogP contribution in [0.3, 0.4) is 0 Å². The molecule has 3 N–H and O–H groups in total. The number of hydrogen-bond donors (Lipinski definition) is 2. The normalized spacial score (nSPS) is 12.0. The monoisotopic (exact) mass is 275 g/mol. The molecule has 0 radical (unpaired) electrons.